The lowest BCUT2D eigenvalue weighted by Crippen LogP contribution is -2.40. The van der Waals surface area contributed by atoms with E-state index in [-0.39, 0.29) is 27.3 Å². The lowest BCUT2D eigenvalue weighted by Gasteiger charge is -2.26. The van der Waals surface area contributed by atoms with Gasteiger partial charge in [0.1, 0.15) is 0 Å². The minimum Gasteiger partial charge on any atom is -0.288 e. The summed E-state index contributed by atoms with van der Waals surface area (Å²) >= 11 is 0. The predicted molar refractivity (Wildman–Crippen MR) is 73.2 cm³/mol. The number of ketones is 1. The summed E-state index contributed by atoms with van der Waals surface area (Å²) in [5.41, 5.74) is 0.864. The van der Waals surface area contributed by atoms with E-state index < -0.39 is 0 Å². The maximum atomic E-state index is 12.4. The van der Waals surface area contributed by atoms with E-state index in [1.807, 2.05) is 30.3 Å². The van der Waals surface area contributed by atoms with Crippen molar-refractivity contribution in [3.8, 4) is 0 Å². The summed E-state index contributed by atoms with van der Waals surface area (Å²) in [6.07, 6.45) is 4.30. The second-order valence-corrected chi connectivity index (χ2v) is 7.59. The van der Waals surface area contributed by atoms with Crippen LogP contribution in [0.4, 0.5) is 0 Å². The van der Waals surface area contributed by atoms with E-state index in [4.69, 9.17) is 0 Å². The van der Waals surface area contributed by atoms with Crippen LogP contribution in [0.5, 0.6) is 0 Å². The van der Waals surface area contributed by atoms with Crippen molar-refractivity contribution in [2.75, 3.05) is 12.5 Å². The van der Waals surface area contributed by atoms with E-state index in [1.165, 1.54) is 0 Å². The second-order valence-electron chi connectivity index (χ2n) is 5.36. The van der Waals surface area contributed by atoms with E-state index in [0.717, 1.165) is 5.56 Å². The Hall–Kier alpha value is -0.760. The van der Waals surface area contributed by atoms with Gasteiger partial charge in [-0.15, -0.1) is 0 Å². The van der Waals surface area contributed by atoms with Crippen LogP contribution in [0.1, 0.15) is 31.1 Å². The summed E-state index contributed by atoms with van der Waals surface area (Å²) in [4.78, 5) is 12.4. The minimum atomic E-state index is 0.0273. The summed E-state index contributed by atoms with van der Waals surface area (Å²) in [6, 6.07) is 9.62. The quantitative estimate of drug-likeness (QED) is 0.583. The van der Waals surface area contributed by atoms with E-state index >= 15 is 0 Å². The molecular formula is C14H21OS+. The molecule has 0 fully saturated rings. The van der Waals surface area contributed by atoms with Crippen LogP contribution < -0.4 is 0 Å². The number of benzene rings is 1. The Balaban J connectivity index is 3.02. The first kappa shape index (κ1) is 13.3. The van der Waals surface area contributed by atoms with Crippen molar-refractivity contribution in [3.05, 3.63) is 35.9 Å². The van der Waals surface area contributed by atoms with Gasteiger partial charge in [-0.1, -0.05) is 51.1 Å². The predicted octanol–water partition coefficient (Wildman–Crippen LogP) is 3.16. The molecule has 1 rings (SSSR count). The molecule has 1 atom stereocenters. The first-order chi connectivity index (χ1) is 7.34. The van der Waals surface area contributed by atoms with Crippen molar-refractivity contribution >= 4 is 16.7 Å². The van der Waals surface area contributed by atoms with Crippen LogP contribution in [0.25, 0.3) is 0 Å². The number of carbonyl (C=O) groups is 1. The molecule has 0 N–H and O–H groups in total. The van der Waals surface area contributed by atoms with Gasteiger partial charge in [0.05, 0.1) is 12.5 Å². The van der Waals surface area contributed by atoms with Crippen LogP contribution in [0.2, 0.25) is 0 Å². The minimum absolute atomic E-state index is 0.0273. The zero-order valence-corrected chi connectivity index (χ0v) is 11.6. The molecule has 0 saturated carbocycles. The highest BCUT2D eigenvalue weighted by Gasteiger charge is 2.41. The Kier molecular flexibility index (Phi) is 4.20. The molecule has 88 valence electrons. The highest BCUT2D eigenvalue weighted by Crippen LogP contribution is 2.28. The zero-order valence-electron chi connectivity index (χ0n) is 10.8. The van der Waals surface area contributed by atoms with Gasteiger partial charge in [-0.25, -0.2) is 0 Å². The summed E-state index contributed by atoms with van der Waals surface area (Å²) < 4.78 is 0. The van der Waals surface area contributed by atoms with E-state index in [2.05, 4.69) is 33.3 Å². The van der Waals surface area contributed by atoms with Crippen LogP contribution in [-0.4, -0.2) is 23.5 Å². The highest BCUT2D eigenvalue weighted by molar-refractivity contribution is 7.96. The van der Waals surface area contributed by atoms with Gasteiger partial charge in [0.2, 0.25) is 5.78 Å². The third kappa shape index (κ3) is 3.11. The molecule has 1 aromatic rings. The Morgan fingerprint density at radius 1 is 1.12 bits per heavy atom. The van der Waals surface area contributed by atoms with Crippen molar-refractivity contribution in [1.29, 1.82) is 0 Å². The third-order valence-electron chi connectivity index (χ3n) is 2.55. The fraction of sp³-hybridized carbons (Fsp3) is 0.500. The lowest BCUT2D eigenvalue weighted by molar-refractivity contribution is 0.0949. The molecule has 0 aliphatic rings. The topological polar surface area (TPSA) is 17.1 Å². The van der Waals surface area contributed by atoms with Gasteiger partial charge in [0, 0.05) is 11.0 Å². The van der Waals surface area contributed by atoms with Gasteiger partial charge in [-0.05, 0) is 10.9 Å². The molecule has 0 bridgehead atoms. The third-order valence-corrected chi connectivity index (χ3v) is 4.42. The van der Waals surface area contributed by atoms with Crippen LogP contribution >= 0.6 is 0 Å². The zero-order chi connectivity index (χ0) is 12.3. The molecule has 0 aromatic heterocycles. The SMILES string of the molecule is C[S+](C)C(C(=O)c1ccccc1)C(C)(C)C. The van der Waals surface area contributed by atoms with Crippen molar-refractivity contribution < 1.29 is 4.79 Å². The molecule has 1 unspecified atom stereocenters. The Morgan fingerprint density at radius 3 is 2.00 bits per heavy atom. The molecule has 0 aliphatic carbocycles. The number of Topliss-reactive ketones (excluding diaryl/α,β-unsaturated/α-hetero) is 1. The Labute approximate surface area is 102 Å². The largest absolute Gasteiger partial charge is 0.288 e. The van der Waals surface area contributed by atoms with E-state index in [1.54, 1.807) is 0 Å². The first-order valence-corrected chi connectivity index (χ1v) is 7.60. The molecule has 0 radical (unpaired) electrons. The average molecular weight is 237 g/mol. The monoisotopic (exact) mass is 237 g/mol. The van der Waals surface area contributed by atoms with Gasteiger partial charge in [0.25, 0.3) is 0 Å². The maximum absolute atomic E-state index is 12.4. The summed E-state index contributed by atoms with van der Waals surface area (Å²) in [5.74, 6) is 0.279. The van der Waals surface area contributed by atoms with Crippen molar-refractivity contribution in [2.45, 2.75) is 26.0 Å². The number of rotatable bonds is 3. The molecule has 16 heavy (non-hydrogen) atoms. The number of hydrogen-bond acceptors (Lipinski definition) is 1. The molecule has 0 aliphatic heterocycles. The van der Waals surface area contributed by atoms with Crippen LogP contribution in [0.15, 0.2) is 30.3 Å². The van der Waals surface area contributed by atoms with Gasteiger partial charge < -0.3 is 0 Å². The number of hydrogen-bond donors (Lipinski definition) is 0. The molecule has 0 spiro atoms. The van der Waals surface area contributed by atoms with Gasteiger partial charge in [-0.3, -0.25) is 4.79 Å². The van der Waals surface area contributed by atoms with Crippen LogP contribution in [-0.2, 0) is 10.9 Å². The van der Waals surface area contributed by atoms with Gasteiger partial charge in [-0.2, -0.15) is 0 Å². The highest BCUT2D eigenvalue weighted by atomic mass is 32.2. The van der Waals surface area contributed by atoms with Crippen molar-refractivity contribution in [1.82, 2.24) is 0 Å². The molecule has 0 saturated heterocycles. The lowest BCUT2D eigenvalue weighted by atomic mass is 9.87. The van der Waals surface area contributed by atoms with Gasteiger partial charge in [0.15, 0.2) is 5.25 Å². The molecule has 1 aromatic carbocycles. The summed E-state index contributed by atoms with van der Waals surface area (Å²) in [7, 11) is 0.0971. The van der Waals surface area contributed by atoms with E-state index in [0.29, 0.717) is 0 Å². The molecule has 1 nitrogen and oxygen atoms in total. The summed E-state index contributed by atoms with van der Waals surface area (Å²) in [6.45, 7) is 6.43. The first-order valence-electron chi connectivity index (χ1n) is 5.49. The maximum Gasteiger partial charge on any atom is 0.215 e. The number of carbonyl (C=O) groups excluding carboxylic acids is 1. The molecule has 2 heteroatoms. The fourth-order valence-corrected chi connectivity index (χ4v) is 4.05. The molecular weight excluding hydrogens is 216 g/mol. The standard InChI is InChI=1S/C14H21OS/c1-14(2,3)13(16(4)5)12(15)11-9-7-6-8-10-11/h6-10,13H,1-5H3/q+1. The second kappa shape index (κ2) is 5.05. The Morgan fingerprint density at radius 2 is 1.62 bits per heavy atom. The summed E-state index contributed by atoms with van der Waals surface area (Å²) in [5, 5.41) is 0.106. The van der Waals surface area contributed by atoms with Gasteiger partial charge >= 0.3 is 0 Å². The smallest absolute Gasteiger partial charge is 0.215 e. The average Bonchev–Trinajstić information content (AvgIpc) is 2.16. The fourth-order valence-electron chi connectivity index (χ4n) is 2.07. The Bertz CT molecular complexity index is 349. The van der Waals surface area contributed by atoms with Crippen molar-refractivity contribution in [2.24, 2.45) is 5.41 Å². The van der Waals surface area contributed by atoms with Crippen LogP contribution in [0, 0.1) is 5.41 Å². The molecule has 0 amide bonds. The normalized spacial score (nSPS) is 13.9. The van der Waals surface area contributed by atoms with Crippen LogP contribution in [0.3, 0.4) is 0 Å². The van der Waals surface area contributed by atoms with Crippen molar-refractivity contribution in [3.63, 3.8) is 0 Å². The molecule has 0 heterocycles. The van der Waals surface area contributed by atoms with E-state index in [9.17, 15) is 4.79 Å².